The fraction of sp³-hybridized carbons (Fsp3) is 0.667. The fourth-order valence-corrected chi connectivity index (χ4v) is 8.07. The molecule has 1 heterocycles. The number of hydrogen-bond donors (Lipinski definition) is 1. The van der Waals surface area contributed by atoms with Crippen molar-refractivity contribution in [3.63, 3.8) is 0 Å². The first-order valence-electron chi connectivity index (χ1n) is 11.7. The highest BCUT2D eigenvalue weighted by atomic mass is 35.5. The predicted octanol–water partition coefficient (Wildman–Crippen LogP) is 6.22. The Balaban J connectivity index is 0.00000259. The maximum Gasteiger partial charge on any atom is 0.416 e. The number of aliphatic imine (C=N–C) groups is 1. The van der Waals surface area contributed by atoms with Crippen molar-refractivity contribution in [2.24, 2.45) is 22.7 Å². The van der Waals surface area contributed by atoms with Crippen LogP contribution in [0.1, 0.15) is 57.4 Å². The number of amides is 1. The van der Waals surface area contributed by atoms with Crippen LogP contribution >= 0.6 is 24.2 Å². The van der Waals surface area contributed by atoms with Crippen LogP contribution in [0.25, 0.3) is 0 Å². The van der Waals surface area contributed by atoms with Crippen LogP contribution in [0.5, 0.6) is 0 Å². The Kier molecular flexibility index (Phi) is 6.98. The number of nitrogens with zero attached hydrogens (tertiary/aromatic N) is 2. The molecular weight excluding hydrogens is 471 g/mol. The van der Waals surface area contributed by atoms with Crippen LogP contribution in [0.3, 0.4) is 0 Å². The molecule has 4 aliphatic carbocycles. The van der Waals surface area contributed by atoms with Crippen molar-refractivity contribution < 1.29 is 18.0 Å². The van der Waals surface area contributed by atoms with Gasteiger partial charge in [-0.25, -0.2) is 0 Å². The standard InChI is InChI=1S/C24H30F3N3OS.ClH/c1-2-30-20(10-21(31)28-19-5-3-18(4-6-19)24(25,26)27)14-32-22(30)29-23-11-15-7-16(12-23)9-17(8-15)13-23;/h3-6,15-17,20H,2,7-14H2,1H3,(H,28,31);1H/b29-22-;. The minimum absolute atomic E-state index is 0. The lowest BCUT2D eigenvalue weighted by molar-refractivity contribution is -0.137. The lowest BCUT2D eigenvalue weighted by Gasteiger charge is -2.55. The van der Waals surface area contributed by atoms with Gasteiger partial charge in [-0.1, -0.05) is 11.8 Å². The molecule has 1 N–H and O–H groups in total. The molecule has 6 rings (SSSR count). The predicted molar refractivity (Wildman–Crippen MR) is 129 cm³/mol. The summed E-state index contributed by atoms with van der Waals surface area (Å²) in [7, 11) is 0. The maximum absolute atomic E-state index is 12.7. The topological polar surface area (TPSA) is 44.7 Å². The number of amidine groups is 1. The number of anilines is 1. The fourth-order valence-electron chi connectivity index (χ4n) is 6.73. The van der Waals surface area contributed by atoms with Gasteiger partial charge in [0.15, 0.2) is 5.17 Å². The first-order valence-corrected chi connectivity index (χ1v) is 12.7. The number of alkyl halides is 3. The molecule has 33 heavy (non-hydrogen) atoms. The number of benzene rings is 1. The smallest absolute Gasteiger partial charge is 0.347 e. The van der Waals surface area contributed by atoms with Gasteiger partial charge in [-0.3, -0.25) is 9.79 Å². The third kappa shape index (κ3) is 5.16. The first-order chi connectivity index (χ1) is 15.2. The van der Waals surface area contributed by atoms with Gasteiger partial charge >= 0.3 is 6.18 Å². The normalized spacial score (nSPS) is 33.9. The molecule has 1 atom stereocenters. The largest absolute Gasteiger partial charge is 0.416 e. The molecule has 1 aromatic carbocycles. The van der Waals surface area contributed by atoms with Crippen molar-refractivity contribution >= 4 is 40.9 Å². The van der Waals surface area contributed by atoms with E-state index in [0.717, 1.165) is 47.4 Å². The van der Waals surface area contributed by atoms with Crippen molar-refractivity contribution in [1.29, 1.82) is 0 Å². The van der Waals surface area contributed by atoms with Crippen LogP contribution in [0, 0.1) is 17.8 Å². The van der Waals surface area contributed by atoms with E-state index in [-0.39, 0.29) is 29.9 Å². The van der Waals surface area contributed by atoms with Gasteiger partial charge in [0.25, 0.3) is 0 Å². The zero-order valence-electron chi connectivity index (χ0n) is 18.7. The molecule has 5 aliphatic rings. The van der Waals surface area contributed by atoms with Crippen molar-refractivity contribution in [2.45, 2.75) is 69.6 Å². The third-order valence-electron chi connectivity index (χ3n) is 7.69. The highest BCUT2D eigenvalue weighted by Gasteiger charge is 2.51. The van der Waals surface area contributed by atoms with Crippen LogP contribution in [0.4, 0.5) is 18.9 Å². The summed E-state index contributed by atoms with van der Waals surface area (Å²) in [5.74, 6) is 3.18. The molecule has 1 aromatic rings. The molecule has 1 amide bonds. The zero-order chi connectivity index (χ0) is 22.5. The molecule has 4 saturated carbocycles. The summed E-state index contributed by atoms with van der Waals surface area (Å²) in [4.78, 5) is 20.2. The van der Waals surface area contributed by atoms with Gasteiger partial charge in [0, 0.05) is 30.4 Å². The monoisotopic (exact) mass is 501 g/mol. The van der Waals surface area contributed by atoms with Crippen molar-refractivity contribution in [2.75, 3.05) is 17.6 Å². The highest BCUT2D eigenvalue weighted by Crippen LogP contribution is 2.57. The lowest BCUT2D eigenvalue weighted by atomic mass is 9.53. The molecular formula is C24H31ClF3N3OS. The van der Waals surface area contributed by atoms with Gasteiger partial charge in [-0.2, -0.15) is 13.2 Å². The summed E-state index contributed by atoms with van der Waals surface area (Å²) in [5.41, 5.74) is -0.216. The van der Waals surface area contributed by atoms with Crippen molar-refractivity contribution in [3.05, 3.63) is 29.8 Å². The van der Waals surface area contributed by atoms with Crippen LogP contribution in [0.15, 0.2) is 29.3 Å². The number of thioether (sulfide) groups is 1. The minimum atomic E-state index is -4.38. The van der Waals surface area contributed by atoms with Crippen LogP contribution < -0.4 is 5.32 Å². The van der Waals surface area contributed by atoms with E-state index in [0.29, 0.717) is 12.1 Å². The summed E-state index contributed by atoms with van der Waals surface area (Å²) >= 11 is 1.76. The summed E-state index contributed by atoms with van der Waals surface area (Å²) in [6.45, 7) is 2.90. The quantitative estimate of drug-likeness (QED) is 0.521. The van der Waals surface area contributed by atoms with Crippen molar-refractivity contribution in [1.82, 2.24) is 4.90 Å². The van der Waals surface area contributed by atoms with Gasteiger partial charge in [0.1, 0.15) is 0 Å². The molecule has 0 spiro atoms. The van der Waals surface area contributed by atoms with E-state index in [1.54, 1.807) is 11.8 Å². The molecule has 0 aromatic heterocycles. The number of rotatable bonds is 5. The number of carbonyl (C=O) groups is 1. The lowest BCUT2D eigenvalue weighted by Crippen LogP contribution is -2.50. The molecule has 1 aliphatic heterocycles. The Labute approximate surface area is 203 Å². The molecule has 9 heteroatoms. The molecule has 1 unspecified atom stereocenters. The second-order valence-corrected chi connectivity index (χ2v) is 11.1. The average molecular weight is 502 g/mol. The van der Waals surface area contributed by atoms with E-state index < -0.39 is 11.7 Å². The first kappa shape index (κ1) is 24.7. The Morgan fingerprint density at radius 1 is 1.12 bits per heavy atom. The van der Waals surface area contributed by atoms with Gasteiger partial charge in [0.2, 0.25) is 5.91 Å². The second kappa shape index (κ2) is 9.33. The zero-order valence-corrected chi connectivity index (χ0v) is 20.4. The molecule has 5 fully saturated rings. The highest BCUT2D eigenvalue weighted by molar-refractivity contribution is 8.14. The van der Waals surface area contributed by atoms with Crippen LogP contribution in [-0.2, 0) is 11.0 Å². The number of carbonyl (C=O) groups excluding carboxylic acids is 1. The average Bonchev–Trinajstić information content (AvgIpc) is 3.06. The second-order valence-electron chi connectivity index (χ2n) is 10.1. The molecule has 1 saturated heterocycles. The number of nitrogens with one attached hydrogen (secondary N) is 1. The maximum atomic E-state index is 12.7. The van der Waals surface area contributed by atoms with E-state index in [1.807, 2.05) is 0 Å². The summed E-state index contributed by atoms with van der Waals surface area (Å²) in [5, 5.41) is 3.84. The Bertz CT molecular complexity index is 870. The molecule has 182 valence electrons. The van der Waals surface area contributed by atoms with Crippen LogP contribution in [-0.4, -0.2) is 39.9 Å². The van der Waals surface area contributed by atoms with E-state index in [1.165, 1.54) is 50.7 Å². The van der Waals surface area contributed by atoms with Crippen LogP contribution in [0.2, 0.25) is 0 Å². The van der Waals surface area contributed by atoms with Gasteiger partial charge in [0.05, 0.1) is 11.1 Å². The summed E-state index contributed by atoms with van der Waals surface area (Å²) in [6, 6.07) is 4.67. The van der Waals surface area contributed by atoms with Gasteiger partial charge in [-0.15, -0.1) is 12.4 Å². The third-order valence-corrected chi connectivity index (χ3v) is 8.82. The Morgan fingerprint density at radius 3 is 2.21 bits per heavy atom. The van der Waals surface area contributed by atoms with E-state index in [2.05, 4.69) is 17.1 Å². The minimum Gasteiger partial charge on any atom is -0.347 e. The van der Waals surface area contributed by atoms with Crippen molar-refractivity contribution in [3.8, 4) is 0 Å². The van der Waals surface area contributed by atoms with Gasteiger partial charge < -0.3 is 10.2 Å². The number of hydrogen-bond acceptors (Lipinski definition) is 3. The summed E-state index contributed by atoms with van der Waals surface area (Å²) in [6.07, 6.45) is 3.77. The van der Waals surface area contributed by atoms with E-state index in [4.69, 9.17) is 4.99 Å². The molecule has 4 bridgehead atoms. The molecule has 4 nitrogen and oxygen atoms in total. The van der Waals surface area contributed by atoms with E-state index >= 15 is 0 Å². The van der Waals surface area contributed by atoms with Gasteiger partial charge in [-0.05, 0) is 87.5 Å². The summed E-state index contributed by atoms with van der Waals surface area (Å²) < 4.78 is 38.2. The van der Waals surface area contributed by atoms with E-state index in [9.17, 15) is 18.0 Å². The SMILES string of the molecule is CCN1/C(=N/C23CC4CC(CC(C4)C2)C3)SCC1CC(=O)Nc1ccc(C(F)(F)F)cc1.Cl. The molecule has 0 radical (unpaired) electrons. The Hall–Kier alpha value is -1.41. The number of halogens is 4. The Morgan fingerprint density at radius 2 is 1.70 bits per heavy atom.